The van der Waals surface area contributed by atoms with E-state index in [-0.39, 0.29) is 12.3 Å². The number of anilines is 1. The minimum atomic E-state index is -3.51. The van der Waals surface area contributed by atoms with Crippen LogP contribution in [0.4, 0.5) is 5.82 Å². The van der Waals surface area contributed by atoms with Crippen LogP contribution in [0.25, 0.3) is 0 Å². The molecule has 1 aromatic carbocycles. The van der Waals surface area contributed by atoms with Crippen LogP contribution < -0.4 is 10.5 Å². The molecule has 7 nitrogen and oxygen atoms in total. The van der Waals surface area contributed by atoms with Crippen molar-refractivity contribution in [2.75, 3.05) is 5.73 Å². The van der Waals surface area contributed by atoms with Gasteiger partial charge in [-0.2, -0.15) is 10.4 Å². The van der Waals surface area contributed by atoms with Crippen LogP contribution in [-0.4, -0.2) is 18.6 Å². The molecule has 4 N–H and O–H groups in total. The Hall–Kier alpha value is -2.37. The molecule has 1 heterocycles. The van der Waals surface area contributed by atoms with E-state index in [1.165, 1.54) is 6.20 Å². The van der Waals surface area contributed by atoms with Crippen LogP contribution in [0.5, 0.6) is 0 Å². The molecule has 0 unspecified atom stereocenters. The van der Waals surface area contributed by atoms with E-state index < -0.39 is 10.0 Å². The molecule has 2 rings (SSSR count). The maximum Gasteiger partial charge on any atom is 0.216 e. The molecule has 104 valence electrons. The van der Waals surface area contributed by atoms with E-state index in [2.05, 4.69) is 14.9 Å². The van der Waals surface area contributed by atoms with Crippen molar-refractivity contribution in [3.05, 3.63) is 47.2 Å². The second-order valence-corrected chi connectivity index (χ2v) is 6.01. The zero-order valence-electron chi connectivity index (χ0n) is 10.5. The molecular weight excluding hydrogens is 278 g/mol. The Morgan fingerprint density at radius 1 is 1.45 bits per heavy atom. The molecule has 8 heteroatoms. The summed E-state index contributed by atoms with van der Waals surface area (Å²) < 4.78 is 26.3. The summed E-state index contributed by atoms with van der Waals surface area (Å²) >= 11 is 0. The Labute approximate surface area is 116 Å². The third-order valence-electron chi connectivity index (χ3n) is 2.65. The molecule has 2 aromatic rings. The largest absolute Gasteiger partial charge is 0.384 e. The number of nitrogens with zero attached hydrogens (tertiary/aromatic N) is 2. The number of rotatable bonds is 5. The fourth-order valence-corrected chi connectivity index (χ4v) is 2.75. The molecule has 0 bridgehead atoms. The zero-order chi connectivity index (χ0) is 14.6. The van der Waals surface area contributed by atoms with Gasteiger partial charge in [0.1, 0.15) is 5.82 Å². The number of nitrogen functional groups attached to an aromatic ring is 1. The first-order valence-corrected chi connectivity index (χ1v) is 7.39. The highest BCUT2D eigenvalue weighted by molar-refractivity contribution is 7.88. The molecule has 20 heavy (non-hydrogen) atoms. The molecule has 0 aliphatic heterocycles. The number of nitrogens with two attached hydrogens (primary N) is 1. The smallest absolute Gasteiger partial charge is 0.216 e. The lowest BCUT2D eigenvalue weighted by Gasteiger charge is -2.06. The minimum absolute atomic E-state index is 0.0720. The summed E-state index contributed by atoms with van der Waals surface area (Å²) in [4.78, 5) is 0. The maximum atomic E-state index is 11.9. The second kappa shape index (κ2) is 5.73. The van der Waals surface area contributed by atoms with Crippen LogP contribution in [0.15, 0.2) is 30.5 Å². The first kappa shape index (κ1) is 14.0. The van der Waals surface area contributed by atoms with Gasteiger partial charge in [0.25, 0.3) is 0 Å². The second-order valence-electron chi connectivity index (χ2n) is 4.20. The van der Waals surface area contributed by atoms with Crippen LogP contribution in [0.1, 0.15) is 16.7 Å². The number of nitrogens with one attached hydrogen (secondary N) is 2. The summed E-state index contributed by atoms with van der Waals surface area (Å²) in [6, 6.07) is 8.45. The number of aromatic nitrogens is 2. The molecule has 0 atom stereocenters. The quantitative estimate of drug-likeness (QED) is 0.739. The first-order chi connectivity index (χ1) is 9.50. The Morgan fingerprint density at radius 2 is 2.25 bits per heavy atom. The number of aromatic amines is 1. The normalized spacial score (nSPS) is 11.2. The van der Waals surface area contributed by atoms with Gasteiger partial charge in [-0.3, -0.25) is 5.10 Å². The predicted octanol–water partition coefficient (Wildman–Crippen LogP) is 0.483. The van der Waals surface area contributed by atoms with Crippen molar-refractivity contribution in [3.8, 4) is 6.07 Å². The highest BCUT2D eigenvalue weighted by atomic mass is 32.2. The lowest BCUT2D eigenvalue weighted by Crippen LogP contribution is -2.24. The molecule has 0 aliphatic carbocycles. The molecule has 0 spiro atoms. The van der Waals surface area contributed by atoms with E-state index in [4.69, 9.17) is 11.0 Å². The third kappa shape index (κ3) is 3.57. The Morgan fingerprint density at radius 3 is 2.90 bits per heavy atom. The molecule has 0 saturated carbocycles. The van der Waals surface area contributed by atoms with E-state index in [1.807, 2.05) is 6.07 Å². The van der Waals surface area contributed by atoms with Crippen molar-refractivity contribution in [1.29, 1.82) is 5.26 Å². The van der Waals surface area contributed by atoms with Crippen LogP contribution >= 0.6 is 0 Å². The van der Waals surface area contributed by atoms with Crippen LogP contribution in [0.3, 0.4) is 0 Å². The average molecular weight is 291 g/mol. The van der Waals surface area contributed by atoms with Gasteiger partial charge in [0.15, 0.2) is 0 Å². The Kier molecular flexibility index (Phi) is 4.02. The van der Waals surface area contributed by atoms with Crippen LogP contribution in [0.2, 0.25) is 0 Å². The number of hydrogen-bond donors (Lipinski definition) is 3. The van der Waals surface area contributed by atoms with E-state index in [0.29, 0.717) is 22.5 Å². The van der Waals surface area contributed by atoms with Gasteiger partial charge in [0.2, 0.25) is 10.0 Å². The zero-order valence-corrected chi connectivity index (χ0v) is 11.3. The highest BCUT2D eigenvalue weighted by Gasteiger charge is 2.13. The summed E-state index contributed by atoms with van der Waals surface area (Å²) in [6.45, 7) is 0.0720. The van der Waals surface area contributed by atoms with Gasteiger partial charge in [0.05, 0.1) is 23.6 Å². The van der Waals surface area contributed by atoms with Gasteiger partial charge in [-0.15, -0.1) is 0 Å². The van der Waals surface area contributed by atoms with Crippen LogP contribution in [-0.2, 0) is 22.3 Å². The van der Waals surface area contributed by atoms with E-state index in [9.17, 15) is 8.42 Å². The van der Waals surface area contributed by atoms with Gasteiger partial charge in [-0.25, -0.2) is 13.1 Å². The van der Waals surface area contributed by atoms with E-state index in [0.717, 1.165) is 0 Å². The van der Waals surface area contributed by atoms with Crippen molar-refractivity contribution in [3.63, 3.8) is 0 Å². The van der Waals surface area contributed by atoms with Crippen molar-refractivity contribution in [2.24, 2.45) is 0 Å². The monoisotopic (exact) mass is 291 g/mol. The van der Waals surface area contributed by atoms with Crippen LogP contribution in [0, 0.1) is 11.3 Å². The summed E-state index contributed by atoms with van der Waals surface area (Å²) in [5, 5.41) is 15.0. The van der Waals surface area contributed by atoms with Crippen molar-refractivity contribution < 1.29 is 8.42 Å². The topological polar surface area (TPSA) is 125 Å². The van der Waals surface area contributed by atoms with E-state index >= 15 is 0 Å². The molecule has 0 saturated heterocycles. The number of benzene rings is 1. The number of H-pyrrole nitrogens is 1. The fourth-order valence-electron chi connectivity index (χ4n) is 1.65. The van der Waals surface area contributed by atoms with Gasteiger partial charge < -0.3 is 5.73 Å². The summed E-state index contributed by atoms with van der Waals surface area (Å²) in [7, 11) is -3.51. The maximum absolute atomic E-state index is 11.9. The lowest BCUT2D eigenvalue weighted by molar-refractivity contribution is 0.580. The summed E-state index contributed by atoms with van der Waals surface area (Å²) in [6.07, 6.45) is 1.47. The molecule has 0 amide bonds. The van der Waals surface area contributed by atoms with Gasteiger partial charge >= 0.3 is 0 Å². The molecular formula is C12H13N5O2S. The number of hydrogen-bond acceptors (Lipinski definition) is 5. The third-order valence-corrected chi connectivity index (χ3v) is 3.94. The number of sulfonamides is 1. The predicted molar refractivity (Wildman–Crippen MR) is 73.6 cm³/mol. The lowest BCUT2D eigenvalue weighted by atomic mass is 10.2. The molecule has 1 aromatic heterocycles. The minimum Gasteiger partial charge on any atom is -0.384 e. The molecule has 0 fully saturated rings. The van der Waals surface area contributed by atoms with Crippen molar-refractivity contribution >= 4 is 15.8 Å². The average Bonchev–Trinajstić information content (AvgIpc) is 2.82. The van der Waals surface area contributed by atoms with Gasteiger partial charge in [-0.1, -0.05) is 12.1 Å². The Balaban J connectivity index is 2.04. The summed E-state index contributed by atoms with van der Waals surface area (Å²) in [5.41, 5.74) is 7.13. The first-order valence-electron chi connectivity index (χ1n) is 5.74. The van der Waals surface area contributed by atoms with Gasteiger partial charge in [0, 0.05) is 12.1 Å². The van der Waals surface area contributed by atoms with Gasteiger partial charge in [-0.05, 0) is 17.7 Å². The molecule has 0 radical (unpaired) electrons. The highest BCUT2D eigenvalue weighted by Crippen LogP contribution is 2.10. The summed E-state index contributed by atoms with van der Waals surface area (Å²) in [5.74, 6) is 0.138. The van der Waals surface area contributed by atoms with Crippen molar-refractivity contribution in [2.45, 2.75) is 12.3 Å². The molecule has 0 aliphatic rings. The van der Waals surface area contributed by atoms with E-state index in [1.54, 1.807) is 24.3 Å². The fraction of sp³-hybridized carbons (Fsp3) is 0.167. The Bertz CT molecular complexity index is 745. The SMILES string of the molecule is N#Cc1cccc(CS(=O)(=O)NCc2cn[nH]c2N)c1. The number of nitriles is 1. The standard InChI is InChI=1S/C12H13N5O2S/c13-5-9-2-1-3-10(4-9)8-20(18,19)16-7-11-6-15-17-12(11)14/h1-4,6,16H,7-8H2,(H3,14,15,17). The van der Waals surface area contributed by atoms with Crippen molar-refractivity contribution in [1.82, 2.24) is 14.9 Å².